The molecule has 1 aliphatic heterocycles. The van der Waals surface area contributed by atoms with E-state index in [0.717, 1.165) is 6.42 Å². The van der Waals surface area contributed by atoms with Crippen LogP contribution in [0.15, 0.2) is 11.1 Å². The van der Waals surface area contributed by atoms with E-state index >= 15 is 0 Å². The SMILES string of the molecule is CC[C@H]1O[C@@H](n2cnc3c(=O)[nH]c(N)nc32)[C@H](OC)[C@@H]1CNC(C)=O. The zero-order chi connectivity index (χ0) is 18.1. The summed E-state index contributed by atoms with van der Waals surface area (Å²) >= 11 is 0. The molecule has 0 saturated carbocycles. The number of H-pyrrole nitrogens is 1. The molecule has 0 unspecified atom stereocenters. The second kappa shape index (κ2) is 6.81. The predicted octanol–water partition coefficient (Wildman–Crippen LogP) is -0.223. The van der Waals surface area contributed by atoms with E-state index in [0.29, 0.717) is 12.2 Å². The topological polar surface area (TPSA) is 137 Å². The van der Waals surface area contributed by atoms with E-state index in [1.54, 1.807) is 11.7 Å². The van der Waals surface area contributed by atoms with E-state index in [2.05, 4.69) is 20.3 Å². The highest BCUT2D eigenvalue weighted by Gasteiger charge is 2.45. The first-order valence-corrected chi connectivity index (χ1v) is 8.11. The highest BCUT2D eigenvalue weighted by molar-refractivity contribution is 5.72. The average molecular weight is 350 g/mol. The number of nitrogens with two attached hydrogens (primary N) is 1. The number of nitrogen functional groups attached to an aromatic ring is 1. The minimum atomic E-state index is -0.521. The van der Waals surface area contributed by atoms with Crippen molar-refractivity contribution in [1.82, 2.24) is 24.8 Å². The van der Waals surface area contributed by atoms with Crippen LogP contribution in [0.4, 0.5) is 5.95 Å². The quantitative estimate of drug-likeness (QED) is 0.677. The smallest absolute Gasteiger partial charge is 0.280 e. The molecule has 2 aromatic rings. The van der Waals surface area contributed by atoms with Crippen LogP contribution in [0, 0.1) is 5.92 Å². The van der Waals surface area contributed by atoms with Gasteiger partial charge in [-0.25, -0.2) is 4.98 Å². The summed E-state index contributed by atoms with van der Waals surface area (Å²) in [6, 6.07) is 0. The summed E-state index contributed by atoms with van der Waals surface area (Å²) in [5.74, 6) is -0.143. The Kier molecular flexibility index (Phi) is 4.73. The van der Waals surface area contributed by atoms with Gasteiger partial charge in [0.15, 0.2) is 17.4 Å². The average Bonchev–Trinajstić information content (AvgIpc) is 3.12. The van der Waals surface area contributed by atoms with Gasteiger partial charge >= 0.3 is 0 Å². The number of nitrogens with zero attached hydrogens (tertiary/aromatic N) is 3. The monoisotopic (exact) mass is 350 g/mol. The lowest BCUT2D eigenvalue weighted by molar-refractivity contribution is -0.119. The summed E-state index contributed by atoms with van der Waals surface area (Å²) in [5.41, 5.74) is 5.77. The van der Waals surface area contributed by atoms with E-state index < -0.39 is 11.8 Å². The molecule has 0 aromatic carbocycles. The Morgan fingerprint density at radius 1 is 1.56 bits per heavy atom. The summed E-state index contributed by atoms with van der Waals surface area (Å²) in [6.07, 6.45) is 1.28. The van der Waals surface area contributed by atoms with Crippen LogP contribution in [-0.2, 0) is 14.3 Å². The molecule has 25 heavy (non-hydrogen) atoms. The number of carbonyl (C=O) groups excluding carboxylic acids is 1. The van der Waals surface area contributed by atoms with Gasteiger partial charge in [0.05, 0.1) is 12.4 Å². The van der Waals surface area contributed by atoms with Crippen molar-refractivity contribution in [1.29, 1.82) is 0 Å². The number of aromatic amines is 1. The zero-order valence-electron chi connectivity index (χ0n) is 14.4. The van der Waals surface area contributed by atoms with E-state index in [1.807, 2.05) is 6.92 Å². The van der Waals surface area contributed by atoms with Gasteiger partial charge in [-0.15, -0.1) is 0 Å². The van der Waals surface area contributed by atoms with Crippen LogP contribution in [0.5, 0.6) is 0 Å². The summed E-state index contributed by atoms with van der Waals surface area (Å²) < 4.78 is 13.5. The Balaban J connectivity index is 1.99. The molecule has 0 aliphatic carbocycles. The Labute approximate surface area is 143 Å². The fraction of sp³-hybridized carbons (Fsp3) is 0.600. The summed E-state index contributed by atoms with van der Waals surface area (Å²) in [4.78, 5) is 34.0. The zero-order valence-corrected chi connectivity index (χ0v) is 14.4. The largest absolute Gasteiger partial charge is 0.376 e. The van der Waals surface area contributed by atoms with Gasteiger partial charge in [-0.2, -0.15) is 4.98 Å². The van der Waals surface area contributed by atoms with Gasteiger partial charge in [-0.1, -0.05) is 6.92 Å². The number of carbonyl (C=O) groups is 1. The summed E-state index contributed by atoms with van der Waals surface area (Å²) in [7, 11) is 1.59. The van der Waals surface area contributed by atoms with Crippen LogP contribution in [0.3, 0.4) is 0 Å². The second-order valence-electron chi connectivity index (χ2n) is 6.05. The number of hydrogen-bond donors (Lipinski definition) is 3. The first kappa shape index (κ1) is 17.4. The van der Waals surface area contributed by atoms with Gasteiger partial charge in [-0.3, -0.25) is 19.1 Å². The summed E-state index contributed by atoms with van der Waals surface area (Å²) in [5, 5.41) is 2.82. The summed E-state index contributed by atoms with van der Waals surface area (Å²) in [6.45, 7) is 3.91. The van der Waals surface area contributed by atoms with Gasteiger partial charge in [0.2, 0.25) is 11.9 Å². The molecule has 10 heteroatoms. The molecule has 3 heterocycles. The molecule has 0 bridgehead atoms. The van der Waals surface area contributed by atoms with Crippen molar-refractivity contribution in [3.63, 3.8) is 0 Å². The highest BCUT2D eigenvalue weighted by Crippen LogP contribution is 2.38. The van der Waals surface area contributed by atoms with E-state index in [1.165, 1.54) is 13.3 Å². The first-order chi connectivity index (χ1) is 12.0. The Morgan fingerprint density at radius 3 is 2.96 bits per heavy atom. The molecule has 1 amide bonds. The van der Waals surface area contributed by atoms with Crippen LogP contribution in [0.1, 0.15) is 26.5 Å². The number of amides is 1. The molecule has 3 rings (SSSR count). The number of aromatic nitrogens is 4. The van der Waals surface area contributed by atoms with Crippen LogP contribution in [-0.4, -0.2) is 51.3 Å². The number of hydrogen-bond acceptors (Lipinski definition) is 7. The fourth-order valence-corrected chi connectivity index (χ4v) is 3.33. The minimum Gasteiger partial charge on any atom is -0.376 e. The third kappa shape index (κ3) is 3.10. The molecule has 10 nitrogen and oxygen atoms in total. The molecule has 4 N–H and O–H groups in total. The van der Waals surface area contributed by atoms with Crippen molar-refractivity contribution in [2.24, 2.45) is 5.92 Å². The van der Waals surface area contributed by atoms with Gasteiger partial charge in [0, 0.05) is 26.5 Å². The fourth-order valence-electron chi connectivity index (χ4n) is 3.33. The Hall–Kier alpha value is -2.46. The Morgan fingerprint density at radius 2 is 2.32 bits per heavy atom. The van der Waals surface area contributed by atoms with Crippen LogP contribution >= 0.6 is 0 Å². The maximum absolute atomic E-state index is 12.0. The van der Waals surface area contributed by atoms with E-state index in [4.69, 9.17) is 15.2 Å². The van der Waals surface area contributed by atoms with Gasteiger partial charge in [0.1, 0.15) is 6.10 Å². The number of imidazole rings is 1. The van der Waals surface area contributed by atoms with Gasteiger partial charge < -0.3 is 20.5 Å². The van der Waals surface area contributed by atoms with E-state index in [-0.39, 0.29) is 35.5 Å². The lowest BCUT2D eigenvalue weighted by atomic mass is 9.96. The molecule has 0 radical (unpaired) electrons. The predicted molar refractivity (Wildman–Crippen MR) is 89.7 cm³/mol. The van der Waals surface area contributed by atoms with Gasteiger partial charge in [-0.05, 0) is 6.42 Å². The van der Waals surface area contributed by atoms with E-state index in [9.17, 15) is 9.59 Å². The van der Waals surface area contributed by atoms with Gasteiger partial charge in [0.25, 0.3) is 5.56 Å². The normalized spacial score (nSPS) is 26.2. The third-order valence-corrected chi connectivity index (χ3v) is 4.48. The van der Waals surface area contributed by atoms with Crippen LogP contribution < -0.4 is 16.6 Å². The molecule has 4 atom stereocenters. The molecule has 0 spiro atoms. The van der Waals surface area contributed by atoms with Crippen LogP contribution in [0.25, 0.3) is 11.2 Å². The molecular formula is C15H22N6O4. The number of nitrogens with one attached hydrogen (secondary N) is 2. The second-order valence-corrected chi connectivity index (χ2v) is 6.05. The molecule has 1 aliphatic rings. The number of rotatable bonds is 5. The maximum atomic E-state index is 12.0. The van der Waals surface area contributed by atoms with Crippen molar-refractivity contribution in [2.75, 3.05) is 19.4 Å². The van der Waals surface area contributed by atoms with Crippen molar-refractivity contribution < 1.29 is 14.3 Å². The van der Waals surface area contributed by atoms with Crippen molar-refractivity contribution in [2.45, 2.75) is 38.7 Å². The molecule has 136 valence electrons. The standard InChI is InChI=1S/C15H22N6O4/c1-4-9-8(5-17-7(2)22)11(24-3)14(25-9)21-6-18-10-12(21)19-15(16)20-13(10)23/h6,8-9,11,14H,4-5H2,1-3H3,(H,17,22)(H3,16,19,20,23)/t8-,9-,11-,14-/m1/s1. The number of methoxy groups -OCH3 is 1. The number of fused-ring (bicyclic) bond motifs is 1. The molecular weight excluding hydrogens is 328 g/mol. The molecule has 1 saturated heterocycles. The minimum absolute atomic E-state index is 0.00746. The Bertz CT molecular complexity index is 831. The lowest BCUT2D eigenvalue weighted by Gasteiger charge is -2.23. The van der Waals surface area contributed by atoms with Crippen molar-refractivity contribution >= 4 is 23.0 Å². The number of anilines is 1. The molecule has 1 fully saturated rings. The van der Waals surface area contributed by atoms with Crippen molar-refractivity contribution in [3.05, 3.63) is 16.7 Å². The maximum Gasteiger partial charge on any atom is 0.280 e. The van der Waals surface area contributed by atoms with Crippen LogP contribution in [0.2, 0.25) is 0 Å². The molecule has 2 aromatic heterocycles. The highest BCUT2D eigenvalue weighted by atomic mass is 16.6. The third-order valence-electron chi connectivity index (χ3n) is 4.48. The lowest BCUT2D eigenvalue weighted by Crippen LogP contribution is -2.38. The first-order valence-electron chi connectivity index (χ1n) is 8.11. The number of ether oxygens (including phenoxy) is 2. The van der Waals surface area contributed by atoms with Crippen molar-refractivity contribution in [3.8, 4) is 0 Å².